The summed E-state index contributed by atoms with van der Waals surface area (Å²) in [5.74, 6) is 1.73. The summed E-state index contributed by atoms with van der Waals surface area (Å²) in [5.41, 5.74) is 0. The van der Waals surface area contributed by atoms with Gasteiger partial charge in [0.1, 0.15) is 0 Å². The van der Waals surface area contributed by atoms with Gasteiger partial charge in [0.15, 0.2) is 0 Å². The van der Waals surface area contributed by atoms with Crippen molar-refractivity contribution in [3.05, 3.63) is 0 Å². The molecule has 0 fully saturated rings. The van der Waals surface area contributed by atoms with Gasteiger partial charge in [0.2, 0.25) is 0 Å². The molecule has 1 nitrogen and oxygen atoms in total. The molecule has 0 saturated heterocycles. The van der Waals surface area contributed by atoms with E-state index in [0.717, 1.165) is 24.5 Å². The van der Waals surface area contributed by atoms with Crippen LogP contribution >= 0.6 is 11.8 Å². The monoisotopic (exact) mass is 243 g/mol. The second-order valence-corrected chi connectivity index (χ2v) is 4.78. The first kappa shape index (κ1) is 15.1. The van der Waals surface area contributed by atoms with Crippen molar-refractivity contribution in [2.24, 2.45) is 0 Å². The highest BCUT2D eigenvalue weighted by molar-refractivity contribution is 7.99. The lowest BCUT2D eigenvalue weighted by atomic mass is 10.2. The minimum absolute atomic E-state index is 0.00322. The van der Waals surface area contributed by atoms with Crippen LogP contribution < -0.4 is 5.32 Å². The van der Waals surface area contributed by atoms with Gasteiger partial charge in [0.25, 0.3) is 0 Å². The van der Waals surface area contributed by atoms with Crippen LogP contribution in [-0.2, 0) is 0 Å². The lowest BCUT2D eigenvalue weighted by molar-refractivity contribution is -0.136. The summed E-state index contributed by atoms with van der Waals surface area (Å²) in [6.45, 7) is 4.83. The molecule has 0 aliphatic rings. The molecule has 1 unspecified atom stereocenters. The van der Waals surface area contributed by atoms with Crippen LogP contribution in [0, 0.1) is 0 Å². The van der Waals surface area contributed by atoms with Crippen molar-refractivity contribution in [1.82, 2.24) is 5.32 Å². The van der Waals surface area contributed by atoms with E-state index >= 15 is 0 Å². The molecular weight excluding hydrogens is 223 g/mol. The Morgan fingerprint density at radius 2 is 1.93 bits per heavy atom. The SMILES string of the molecule is CCCNC(CCC(F)(F)F)CSCC. The zero-order valence-corrected chi connectivity index (χ0v) is 10.2. The first-order valence-corrected chi connectivity index (χ1v) is 6.53. The Morgan fingerprint density at radius 3 is 2.40 bits per heavy atom. The summed E-state index contributed by atoms with van der Waals surface area (Å²) in [5, 5.41) is 3.16. The lowest BCUT2D eigenvalue weighted by Crippen LogP contribution is -2.33. The molecule has 0 rings (SSSR count). The summed E-state index contributed by atoms with van der Waals surface area (Å²) in [6.07, 6.45) is -3.56. The Bertz CT molecular complexity index is 142. The summed E-state index contributed by atoms with van der Waals surface area (Å²) in [6, 6.07) is -0.00322. The van der Waals surface area contributed by atoms with Gasteiger partial charge in [-0.15, -0.1) is 0 Å². The van der Waals surface area contributed by atoms with Crippen LogP contribution in [0.2, 0.25) is 0 Å². The maximum atomic E-state index is 12.0. The molecule has 0 aliphatic heterocycles. The molecule has 0 saturated carbocycles. The Hall–Kier alpha value is 0.100. The van der Waals surface area contributed by atoms with Crippen LogP contribution in [0.3, 0.4) is 0 Å². The van der Waals surface area contributed by atoms with E-state index in [-0.39, 0.29) is 12.5 Å². The second-order valence-electron chi connectivity index (χ2n) is 3.46. The third-order valence-electron chi connectivity index (χ3n) is 1.98. The molecule has 0 aromatic carbocycles. The zero-order valence-electron chi connectivity index (χ0n) is 9.36. The predicted octanol–water partition coefficient (Wildman–Crippen LogP) is 3.45. The molecule has 5 heteroatoms. The normalized spacial score (nSPS) is 14.2. The van der Waals surface area contributed by atoms with Gasteiger partial charge in [-0.2, -0.15) is 24.9 Å². The van der Waals surface area contributed by atoms with Crippen molar-refractivity contribution in [3.8, 4) is 0 Å². The smallest absolute Gasteiger partial charge is 0.313 e. The van der Waals surface area contributed by atoms with E-state index in [0.29, 0.717) is 0 Å². The number of halogens is 3. The Morgan fingerprint density at radius 1 is 1.27 bits per heavy atom. The van der Waals surface area contributed by atoms with E-state index < -0.39 is 12.6 Å². The van der Waals surface area contributed by atoms with Gasteiger partial charge in [-0.05, 0) is 25.1 Å². The van der Waals surface area contributed by atoms with E-state index in [2.05, 4.69) is 5.32 Å². The molecule has 0 amide bonds. The Balaban J connectivity index is 3.78. The summed E-state index contributed by atoms with van der Waals surface area (Å²) in [4.78, 5) is 0. The summed E-state index contributed by atoms with van der Waals surface area (Å²) in [7, 11) is 0. The summed E-state index contributed by atoms with van der Waals surface area (Å²) >= 11 is 1.69. The van der Waals surface area contributed by atoms with Crippen LogP contribution in [0.4, 0.5) is 13.2 Å². The Kier molecular flexibility index (Phi) is 8.33. The van der Waals surface area contributed by atoms with Gasteiger partial charge >= 0.3 is 6.18 Å². The first-order chi connectivity index (χ1) is 6.99. The third-order valence-corrected chi connectivity index (χ3v) is 3.03. The zero-order chi connectivity index (χ0) is 11.7. The quantitative estimate of drug-likeness (QED) is 0.700. The minimum Gasteiger partial charge on any atom is -0.313 e. The van der Waals surface area contributed by atoms with Crippen LogP contribution in [0.15, 0.2) is 0 Å². The highest BCUT2D eigenvalue weighted by Gasteiger charge is 2.28. The third kappa shape index (κ3) is 10.4. The molecule has 15 heavy (non-hydrogen) atoms. The predicted molar refractivity (Wildman–Crippen MR) is 60.4 cm³/mol. The van der Waals surface area contributed by atoms with Gasteiger partial charge in [-0.1, -0.05) is 13.8 Å². The number of hydrogen-bond acceptors (Lipinski definition) is 2. The van der Waals surface area contributed by atoms with Gasteiger partial charge in [0, 0.05) is 18.2 Å². The molecular formula is C10H20F3NS. The molecule has 0 aromatic rings. The molecule has 0 radical (unpaired) electrons. The molecule has 0 bridgehead atoms. The van der Waals surface area contributed by atoms with Crippen molar-refractivity contribution < 1.29 is 13.2 Å². The van der Waals surface area contributed by atoms with Gasteiger partial charge in [0.05, 0.1) is 0 Å². The molecule has 0 spiro atoms. The largest absolute Gasteiger partial charge is 0.389 e. The molecule has 0 aliphatic carbocycles. The van der Waals surface area contributed by atoms with Crippen LogP contribution in [0.5, 0.6) is 0 Å². The maximum absolute atomic E-state index is 12.0. The van der Waals surface area contributed by atoms with E-state index in [1.165, 1.54) is 0 Å². The maximum Gasteiger partial charge on any atom is 0.389 e. The first-order valence-electron chi connectivity index (χ1n) is 5.37. The average Bonchev–Trinajstić information content (AvgIpc) is 2.15. The van der Waals surface area contributed by atoms with Crippen molar-refractivity contribution in [2.45, 2.75) is 45.3 Å². The number of thioether (sulfide) groups is 1. The van der Waals surface area contributed by atoms with Gasteiger partial charge in [-0.3, -0.25) is 0 Å². The second kappa shape index (κ2) is 8.28. The van der Waals surface area contributed by atoms with E-state index in [4.69, 9.17) is 0 Å². The average molecular weight is 243 g/mol. The highest BCUT2D eigenvalue weighted by atomic mass is 32.2. The fraction of sp³-hybridized carbons (Fsp3) is 1.00. The van der Waals surface area contributed by atoms with Crippen molar-refractivity contribution in [1.29, 1.82) is 0 Å². The molecule has 0 heterocycles. The van der Waals surface area contributed by atoms with E-state index in [1.54, 1.807) is 11.8 Å². The fourth-order valence-corrected chi connectivity index (χ4v) is 2.00. The molecule has 1 atom stereocenters. The van der Waals surface area contributed by atoms with E-state index in [1.807, 2.05) is 13.8 Å². The number of nitrogens with one attached hydrogen (secondary N) is 1. The van der Waals surface area contributed by atoms with Crippen molar-refractivity contribution >= 4 is 11.8 Å². The lowest BCUT2D eigenvalue weighted by Gasteiger charge is -2.18. The molecule has 1 N–H and O–H groups in total. The molecule has 92 valence electrons. The van der Waals surface area contributed by atoms with Gasteiger partial charge in [-0.25, -0.2) is 0 Å². The van der Waals surface area contributed by atoms with Gasteiger partial charge < -0.3 is 5.32 Å². The van der Waals surface area contributed by atoms with Crippen LogP contribution in [0.25, 0.3) is 0 Å². The van der Waals surface area contributed by atoms with E-state index in [9.17, 15) is 13.2 Å². The number of rotatable bonds is 8. The van der Waals surface area contributed by atoms with Crippen LogP contribution in [0.1, 0.15) is 33.1 Å². The van der Waals surface area contributed by atoms with Crippen molar-refractivity contribution in [3.63, 3.8) is 0 Å². The summed E-state index contributed by atoms with van der Waals surface area (Å²) < 4.78 is 36.1. The Labute approximate surface area is 94.2 Å². The standard InChI is InChI=1S/C10H20F3NS/c1-3-7-14-9(8-15-4-2)5-6-10(11,12)13/h9,14H,3-8H2,1-2H3. The number of alkyl halides is 3. The highest BCUT2D eigenvalue weighted by Crippen LogP contribution is 2.23. The minimum atomic E-state index is -4.02. The topological polar surface area (TPSA) is 12.0 Å². The fourth-order valence-electron chi connectivity index (χ4n) is 1.19. The van der Waals surface area contributed by atoms with Crippen LogP contribution in [-0.4, -0.2) is 30.3 Å². The van der Waals surface area contributed by atoms with Crippen molar-refractivity contribution in [2.75, 3.05) is 18.1 Å². The number of hydrogen-bond donors (Lipinski definition) is 1. The molecule has 0 aromatic heterocycles.